The Labute approximate surface area is 173 Å². The minimum atomic E-state index is -0.380. The molecule has 1 aliphatic rings. The first-order valence-corrected chi connectivity index (χ1v) is 10.5. The molecule has 0 bridgehead atoms. The lowest BCUT2D eigenvalue weighted by atomic mass is 10.1. The number of nitrogens with zero attached hydrogens (tertiary/aromatic N) is 3. The van der Waals surface area contributed by atoms with Crippen molar-refractivity contribution >= 4 is 29.1 Å². The zero-order chi connectivity index (χ0) is 20.4. The summed E-state index contributed by atoms with van der Waals surface area (Å²) in [4.78, 5) is 28.9. The second kappa shape index (κ2) is 8.21. The van der Waals surface area contributed by atoms with Gasteiger partial charge in [-0.25, -0.2) is 9.67 Å². The number of hydrogen-bond donors (Lipinski definition) is 1. The van der Waals surface area contributed by atoms with E-state index in [0.717, 1.165) is 24.4 Å². The van der Waals surface area contributed by atoms with Gasteiger partial charge in [-0.05, 0) is 51.0 Å². The number of carbonyl (C=O) groups excluding carboxylic acids is 2. The van der Waals surface area contributed by atoms with E-state index >= 15 is 0 Å². The maximum Gasteiger partial charge on any atom is 0.237 e. The van der Waals surface area contributed by atoms with Crippen molar-refractivity contribution in [3.63, 3.8) is 0 Å². The lowest BCUT2D eigenvalue weighted by Gasteiger charge is -2.10. The van der Waals surface area contributed by atoms with Crippen LogP contribution in [0.1, 0.15) is 48.8 Å². The van der Waals surface area contributed by atoms with Crippen LogP contribution >= 0.6 is 11.8 Å². The fourth-order valence-corrected chi connectivity index (χ4v) is 3.75. The molecule has 4 rings (SSSR count). The van der Waals surface area contributed by atoms with Crippen molar-refractivity contribution < 1.29 is 9.59 Å². The number of carbonyl (C=O) groups is 2. The average molecular weight is 407 g/mol. The van der Waals surface area contributed by atoms with Crippen molar-refractivity contribution in [3.8, 4) is 5.69 Å². The molecule has 2 aromatic carbocycles. The number of rotatable bonds is 7. The summed E-state index contributed by atoms with van der Waals surface area (Å²) < 4.78 is 1.89. The molecule has 3 aromatic rings. The largest absolute Gasteiger partial charge is 0.325 e. The van der Waals surface area contributed by atoms with Gasteiger partial charge in [0.25, 0.3) is 0 Å². The number of aromatic nitrogens is 3. The van der Waals surface area contributed by atoms with Crippen molar-refractivity contribution in [2.24, 2.45) is 0 Å². The maximum absolute atomic E-state index is 12.6. The van der Waals surface area contributed by atoms with E-state index in [4.69, 9.17) is 4.98 Å². The molecule has 1 heterocycles. The summed E-state index contributed by atoms with van der Waals surface area (Å²) in [6, 6.07) is 16.9. The van der Waals surface area contributed by atoms with Crippen LogP contribution < -0.4 is 5.32 Å². The van der Waals surface area contributed by atoms with Crippen LogP contribution in [0.5, 0.6) is 0 Å². The number of amides is 1. The SMILES string of the molecule is CC(=O)c1cccc(NC(=O)C(C)Sc2nc(C3CC3)n(-c3ccccc3)n2)c1. The first-order chi connectivity index (χ1) is 14.0. The third kappa shape index (κ3) is 4.56. The van der Waals surface area contributed by atoms with E-state index in [-0.39, 0.29) is 16.9 Å². The smallest absolute Gasteiger partial charge is 0.237 e. The van der Waals surface area contributed by atoms with Gasteiger partial charge in [0.05, 0.1) is 10.9 Å². The Hall–Kier alpha value is -2.93. The van der Waals surface area contributed by atoms with Crippen LogP contribution in [-0.4, -0.2) is 31.7 Å². The van der Waals surface area contributed by atoms with E-state index in [1.807, 2.05) is 41.9 Å². The molecule has 148 valence electrons. The first-order valence-electron chi connectivity index (χ1n) is 9.62. The second-order valence-corrected chi connectivity index (χ2v) is 8.47. The van der Waals surface area contributed by atoms with Crippen LogP contribution in [0.15, 0.2) is 59.8 Å². The Balaban J connectivity index is 1.48. The maximum atomic E-state index is 12.6. The summed E-state index contributed by atoms with van der Waals surface area (Å²) in [6.45, 7) is 3.33. The molecule has 1 unspecified atom stereocenters. The van der Waals surface area contributed by atoms with Gasteiger partial charge in [-0.1, -0.05) is 42.1 Å². The molecule has 1 aliphatic carbocycles. The molecule has 0 saturated heterocycles. The van der Waals surface area contributed by atoms with Gasteiger partial charge in [0, 0.05) is 17.2 Å². The summed E-state index contributed by atoms with van der Waals surface area (Å²) >= 11 is 1.33. The van der Waals surface area contributed by atoms with Crippen LogP contribution in [0.25, 0.3) is 5.69 Å². The summed E-state index contributed by atoms with van der Waals surface area (Å²) in [7, 11) is 0. The van der Waals surface area contributed by atoms with Crippen LogP contribution in [0.2, 0.25) is 0 Å². The van der Waals surface area contributed by atoms with Gasteiger partial charge >= 0.3 is 0 Å². The van der Waals surface area contributed by atoms with Crippen molar-refractivity contribution in [2.75, 3.05) is 5.32 Å². The van der Waals surface area contributed by atoms with E-state index < -0.39 is 0 Å². The Bertz CT molecular complexity index is 1040. The molecule has 6 nitrogen and oxygen atoms in total. The lowest BCUT2D eigenvalue weighted by Crippen LogP contribution is -2.22. The zero-order valence-corrected chi connectivity index (χ0v) is 17.1. The number of anilines is 1. The molecule has 1 saturated carbocycles. The first kappa shape index (κ1) is 19.4. The highest BCUT2D eigenvalue weighted by Gasteiger charge is 2.31. The Kier molecular flexibility index (Phi) is 5.49. The van der Waals surface area contributed by atoms with Crippen molar-refractivity contribution in [2.45, 2.75) is 43.0 Å². The fourth-order valence-electron chi connectivity index (χ4n) is 2.99. The number of nitrogens with one attached hydrogen (secondary N) is 1. The molecular formula is C22H22N4O2S. The van der Waals surface area contributed by atoms with Crippen molar-refractivity contribution in [3.05, 3.63) is 66.0 Å². The highest BCUT2D eigenvalue weighted by molar-refractivity contribution is 8.00. The zero-order valence-electron chi connectivity index (χ0n) is 16.3. The van der Waals surface area contributed by atoms with Gasteiger partial charge in [0.2, 0.25) is 11.1 Å². The standard InChI is InChI=1S/C22H22N4O2S/c1-14(27)17-7-6-8-18(13-17)23-21(28)15(2)29-22-24-20(16-11-12-16)26(25-22)19-9-4-3-5-10-19/h3-10,13,15-16H,11-12H2,1-2H3,(H,23,28). The van der Waals surface area contributed by atoms with E-state index in [1.54, 1.807) is 24.3 Å². The van der Waals surface area contributed by atoms with Crippen molar-refractivity contribution in [1.29, 1.82) is 0 Å². The summed E-state index contributed by atoms with van der Waals surface area (Å²) in [5.41, 5.74) is 2.16. The molecule has 1 atom stereocenters. The van der Waals surface area contributed by atoms with Crippen LogP contribution in [0.4, 0.5) is 5.69 Å². The van der Waals surface area contributed by atoms with E-state index in [9.17, 15) is 9.59 Å². The molecule has 29 heavy (non-hydrogen) atoms. The number of Topliss-reactive ketones (excluding diaryl/α,β-unsaturated/α-hetero) is 1. The number of thioether (sulfide) groups is 1. The number of ketones is 1. The summed E-state index contributed by atoms with van der Waals surface area (Å²) in [6.07, 6.45) is 2.25. The van der Waals surface area contributed by atoms with Crippen LogP contribution in [-0.2, 0) is 4.79 Å². The van der Waals surface area contributed by atoms with Crippen LogP contribution in [0.3, 0.4) is 0 Å². The summed E-state index contributed by atoms with van der Waals surface area (Å²) in [5, 5.41) is 7.74. The summed E-state index contributed by atoms with van der Waals surface area (Å²) in [5.74, 6) is 1.21. The van der Waals surface area contributed by atoms with E-state index in [2.05, 4.69) is 10.4 Å². The Morgan fingerprint density at radius 2 is 1.90 bits per heavy atom. The van der Waals surface area contributed by atoms with Gasteiger partial charge in [-0.3, -0.25) is 9.59 Å². The van der Waals surface area contributed by atoms with Gasteiger partial charge in [-0.15, -0.1) is 5.10 Å². The molecule has 7 heteroatoms. The molecule has 1 aromatic heterocycles. The highest BCUT2D eigenvalue weighted by atomic mass is 32.2. The number of hydrogen-bond acceptors (Lipinski definition) is 5. The molecule has 0 aliphatic heterocycles. The van der Waals surface area contributed by atoms with Crippen LogP contribution in [0, 0.1) is 0 Å². The lowest BCUT2D eigenvalue weighted by molar-refractivity contribution is -0.115. The topological polar surface area (TPSA) is 76.9 Å². The molecule has 1 fully saturated rings. The normalized spacial score (nSPS) is 14.4. The Morgan fingerprint density at radius 1 is 1.14 bits per heavy atom. The predicted octanol–water partition coefficient (Wildman–Crippen LogP) is 4.47. The highest BCUT2D eigenvalue weighted by Crippen LogP contribution is 2.40. The van der Waals surface area contributed by atoms with Gasteiger partial charge < -0.3 is 5.32 Å². The average Bonchev–Trinajstić information content (AvgIpc) is 3.49. The van der Waals surface area contributed by atoms with Gasteiger partial charge in [-0.2, -0.15) is 0 Å². The number of benzene rings is 2. The quantitative estimate of drug-likeness (QED) is 0.463. The third-order valence-corrected chi connectivity index (χ3v) is 5.70. The second-order valence-electron chi connectivity index (χ2n) is 7.16. The van der Waals surface area contributed by atoms with Gasteiger partial charge in [0.1, 0.15) is 5.82 Å². The molecule has 1 amide bonds. The fraction of sp³-hybridized carbons (Fsp3) is 0.273. The minimum Gasteiger partial charge on any atom is -0.325 e. The van der Waals surface area contributed by atoms with Gasteiger partial charge in [0.15, 0.2) is 5.78 Å². The minimum absolute atomic E-state index is 0.0354. The monoisotopic (exact) mass is 406 g/mol. The molecule has 0 radical (unpaired) electrons. The Morgan fingerprint density at radius 3 is 2.59 bits per heavy atom. The number of para-hydroxylation sites is 1. The van der Waals surface area contributed by atoms with E-state index in [0.29, 0.717) is 22.3 Å². The molecule has 1 N–H and O–H groups in total. The van der Waals surface area contributed by atoms with Crippen molar-refractivity contribution in [1.82, 2.24) is 14.8 Å². The predicted molar refractivity (Wildman–Crippen MR) is 114 cm³/mol. The molecular weight excluding hydrogens is 384 g/mol. The van der Waals surface area contributed by atoms with E-state index in [1.165, 1.54) is 18.7 Å². The third-order valence-electron chi connectivity index (χ3n) is 4.74. The molecule has 0 spiro atoms.